The fourth-order valence-corrected chi connectivity index (χ4v) is 2.52. The van der Waals surface area contributed by atoms with E-state index in [1.807, 2.05) is 6.07 Å². The zero-order valence-electron chi connectivity index (χ0n) is 10.9. The summed E-state index contributed by atoms with van der Waals surface area (Å²) >= 11 is 0. The standard InChI is InChI=1S/C13H22N4O/c1-2-4-11-8-12(17-16-11)15-13(18)9-5-3-6-10(14)7-9/h8-10H,2-7,14H2,1H3,(H2,15,16,17,18). The number of nitrogens with zero attached hydrogens (tertiary/aromatic N) is 1. The Kier molecular flexibility index (Phi) is 4.36. The van der Waals surface area contributed by atoms with Crippen LogP contribution in [-0.4, -0.2) is 22.1 Å². The summed E-state index contributed by atoms with van der Waals surface area (Å²) in [7, 11) is 0. The second kappa shape index (κ2) is 6.00. The maximum atomic E-state index is 12.1. The molecule has 1 fully saturated rings. The predicted octanol–water partition coefficient (Wildman–Crippen LogP) is 1.82. The Morgan fingerprint density at radius 1 is 1.61 bits per heavy atom. The van der Waals surface area contributed by atoms with Crippen LogP contribution in [0.3, 0.4) is 0 Å². The molecule has 2 rings (SSSR count). The molecule has 1 amide bonds. The van der Waals surface area contributed by atoms with Crippen molar-refractivity contribution in [1.82, 2.24) is 10.2 Å². The molecule has 0 aromatic carbocycles. The molecule has 4 N–H and O–H groups in total. The van der Waals surface area contributed by atoms with E-state index in [-0.39, 0.29) is 17.9 Å². The monoisotopic (exact) mass is 250 g/mol. The number of anilines is 1. The maximum Gasteiger partial charge on any atom is 0.228 e. The minimum atomic E-state index is 0.0417. The number of aryl methyl sites for hydroxylation is 1. The molecule has 2 atom stereocenters. The molecule has 0 bridgehead atoms. The molecular weight excluding hydrogens is 228 g/mol. The van der Waals surface area contributed by atoms with Gasteiger partial charge in [0.1, 0.15) is 0 Å². The van der Waals surface area contributed by atoms with Gasteiger partial charge in [-0.2, -0.15) is 5.10 Å². The Labute approximate surface area is 108 Å². The number of hydrogen-bond acceptors (Lipinski definition) is 3. The highest BCUT2D eigenvalue weighted by Gasteiger charge is 2.25. The molecule has 1 heterocycles. The summed E-state index contributed by atoms with van der Waals surface area (Å²) < 4.78 is 0. The van der Waals surface area contributed by atoms with E-state index in [0.29, 0.717) is 5.82 Å². The van der Waals surface area contributed by atoms with Crippen molar-refractivity contribution < 1.29 is 4.79 Å². The smallest absolute Gasteiger partial charge is 0.228 e. The van der Waals surface area contributed by atoms with Gasteiger partial charge in [0.15, 0.2) is 5.82 Å². The molecule has 0 radical (unpaired) electrons. The summed E-state index contributed by atoms with van der Waals surface area (Å²) in [4.78, 5) is 12.1. The van der Waals surface area contributed by atoms with Gasteiger partial charge < -0.3 is 11.1 Å². The van der Waals surface area contributed by atoms with Gasteiger partial charge >= 0.3 is 0 Å². The largest absolute Gasteiger partial charge is 0.328 e. The number of nitrogens with two attached hydrogens (primary N) is 1. The summed E-state index contributed by atoms with van der Waals surface area (Å²) in [6.07, 6.45) is 5.82. The molecule has 1 aliphatic carbocycles. The van der Waals surface area contributed by atoms with Crippen LogP contribution in [-0.2, 0) is 11.2 Å². The zero-order chi connectivity index (χ0) is 13.0. The van der Waals surface area contributed by atoms with E-state index in [1.165, 1.54) is 0 Å². The number of rotatable bonds is 4. The minimum Gasteiger partial charge on any atom is -0.328 e. The van der Waals surface area contributed by atoms with Crippen LogP contribution in [0.15, 0.2) is 6.07 Å². The third-order valence-electron chi connectivity index (χ3n) is 3.49. The van der Waals surface area contributed by atoms with E-state index in [4.69, 9.17) is 5.73 Å². The van der Waals surface area contributed by atoms with Crippen molar-refractivity contribution in [3.05, 3.63) is 11.8 Å². The summed E-state index contributed by atoms with van der Waals surface area (Å²) in [6, 6.07) is 2.08. The van der Waals surface area contributed by atoms with Crippen molar-refractivity contribution >= 4 is 11.7 Å². The SMILES string of the molecule is CCCc1cc(NC(=O)C2CCCC(N)C2)n[nH]1. The molecule has 1 aliphatic rings. The zero-order valence-corrected chi connectivity index (χ0v) is 10.9. The maximum absolute atomic E-state index is 12.1. The highest BCUT2D eigenvalue weighted by atomic mass is 16.1. The number of carbonyl (C=O) groups is 1. The molecule has 100 valence electrons. The first kappa shape index (κ1) is 13.1. The summed E-state index contributed by atoms with van der Waals surface area (Å²) in [5.41, 5.74) is 6.96. The van der Waals surface area contributed by atoms with Gasteiger partial charge in [0.05, 0.1) is 0 Å². The fraction of sp³-hybridized carbons (Fsp3) is 0.692. The van der Waals surface area contributed by atoms with Crippen molar-refractivity contribution in [2.45, 2.75) is 51.5 Å². The molecular formula is C13H22N4O. The van der Waals surface area contributed by atoms with Crippen LogP contribution in [0.4, 0.5) is 5.82 Å². The van der Waals surface area contributed by atoms with E-state index in [2.05, 4.69) is 22.4 Å². The minimum absolute atomic E-state index is 0.0417. The first-order chi connectivity index (χ1) is 8.69. The van der Waals surface area contributed by atoms with Gasteiger partial charge in [0.25, 0.3) is 0 Å². The molecule has 2 unspecified atom stereocenters. The summed E-state index contributed by atoms with van der Waals surface area (Å²) in [5, 5.41) is 9.91. The third kappa shape index (κ3) is 3.32. The van der Waals surface area contributed by atoms with E-state index in [9.17, 15) is 4.79 Å². The number of H-pyrrole nitrogens is 1. The molecule has 5 heteroatoms. The predicted molar refractivity (Wildman–Crippen MR) is 71.1 cm³/mol. The Morgan fingerprint density at radius 3 is 3.17 bits per heavy atom. The molecule has 0 spiro atoms. The van der Waals surface area contributed by atoms with Gasteiger partial charge in [0.2, 0.25) is 5.91 Å². The average molecular weight is 250 g/mol. The lowest BCUT2D eigenvalue weighted by Gasteiger charge is -2.25. The number of hydrogen-bond donors (Lipinski definition) is 3. The Hall–Kier alpha value is -1.36. The number of aromatic amines is 1. The highest BCUT2D eigenvalue weighted by Crippen LogP contribution is 2.24. The second-order valence-electron chi connectivity index (χ2n) is 5.14. The van der Waals surface area contributed by atoms with E-state index < -0.39 is 0 Å². The van der Waals surface area contributed by atoms with Gasteiger partial charge in [-0.25, -0.2) is 0 Å². The molecule has 0 aliphatic heterocycles. The number of carbonyl (C=O) groups excluding carboxylic acids is 1. The van der Waals surface area contributed by atoms with Gasteiger partial charge in [0, 0.05) is 23.7 Å². The van der Waals surface area contributed by atoms with Gasteiger partial charge in [-0.1, -0.05) is 19.8 Å². The summed E-state index contributed by atoms with van der Waals surface area (Å²) in [6.45, 7) is 2.11. The summed E-state index contributed by atoms with van der Waals surface area (Å²) in [5.74, 6) is 0.724. The first-order valence-electron chi connectivity index (χ1n) is 6.79. The molecule has 1 aromatic rings. The number of nitrogens with one attached hydrogen (secondary N) is 2. The molecule has 1 aromatic heterocycles. The van der Waals surface area contributed by atoms with Crippen molar-refractivity contribution in [3.63, 3.8) is 0 Å². The van der Waals surface area contributed by atoms with Crippen LogP contribution in [0, 0.1) is 5.92 Å². The topological polar surface area (TPSA) is 83.8 Å². The van der Waals surface area contributed by atoms with Crippen LogP contribution < -0.4 is 11.1 Å². The van der Waals surface area contributed by atoms with E-state index in [0.717, 1.165) is 44.2 Å². The highest BCUT2D eigenvalue weighted by molar-refractivity contribution is 5.91. The van der Waals surface area contributed by atoms with Crippen LogP contribution in [0.2, 0.25) is 0 Å². The normalized spacial score (nSPS) is 23.9. The molecule has 1 saturated carbocycles. The average Bonchev–Trinajstić information content (AvgIpc) is 2.77. The Morgan fingerprint density at radius 2 is 2.44 bits per heavy atom. The number of aromatic nitrogens is 2. The second-order valence-corrected chi connectivity index (χ2v) is 5.14. The van der Waals surface area contributed by atoms with Gasteiger partial charge in [-0.05, 0) is 25.7 Å². The van der Waals surface area contributed by atoms with Crippen LogP contribution >= 0.6 is 0 Å². The molecule has 0 saturated heterocycles. The van der Waals surface area contributed by atoms with Crippen LogP contribution in [0.1, 0.15) is 44.7 Å². The Bertz CT molecular complexity index is 401. The fourth-order valence-electron chi connectivity index (χ4n) is 2.52. The van der Waals surface area contributed by atoms with Crippen LogP contribution in [0.5, 0.6) is 0 Å². The first-order valence-corrected chi connectivity index (χ1v) is 6.79. The van der Waals surface area contributed by atoms with E-state index >= 15 is 0 Å². The lowest BCUT2D eigenvalue weighted by atomic mass is 9.85. The van der Waals surface area contributed by atoms with Gasteiger partial charge in [-0.15, -0.1) is 0 Å². The lowest BCUT2D eigenvalue weighted by molar-refractivity contribution is -0.120. The van der Waals surface area contributed by atoms with E-state index in [1.54, 1.807) is 0 Å². The molecule has 18 heavy (non-hydrogen) atoms. The quantitative estimate of drug-likeness (QED) is 0.762. The third-order valence-corrected chi connectivity index (χ3v) is 3.49. The van der Waals surface area contributed by atoms with Crippen molar-refractivity contribution in [1.29, 1.82) is 0 Å². The van der Waals surface area contributed by atoms with Crippen molar-refractivity contribution in [2.75, 3.05) is 5.32 Å². The van der Waals surface area contributed by atoms with Crippen molar-refractivity contribution in [2.24, 2.45) is 11.7 Å². The van der Waals surface area contributed by atoms with Crippen LogP contribution in [0.25, 0.3) is 0 Å². The lowest BCUT2D eigenvalue weighted by Crippen LogP contribution is -2.34. The number of amides is 1. The Balaban J connectivity index is 1.89. The molecule has 5 nitrogen and oxygen atoms in total. The van der Waals surface area contributed by atoms with Crippen molar-refractivity contribution in [3.8, 4) is 0 Å². The van der Waals surface area contributed by atoms with Gasteiger partial charge in [-0.3, -0.25) is 9.89 Å².